The lowest BCUT2D eigenvalue weighted by molar-refractivity contribution is 0.100. The van der Waals surface area contributed by atoms with Crippen molar-refractivity contribution in [3.8, 4) is 0 Å². The summed E-state index contributed by atoms with van der Waals surface area (Å²) in [5, 5.41) is 3.63. The predicted molar refractivity (Wildman–Crippen MR) is 111 cm³/mol. The molecule has 29 heavy (non-hydrogen) atoms. The first-order valence-corrected chi connectivity index (χ1v) is 9.58. The van der Waals surface area contributed by atoms with E-state index in [4.69, 9.17) is 17.3 Å². The molecule has 0 saturated carbocycles. The molecule has 1 unspecified atom stereocenters. The number of rotatable bonds is 6. The largest absolute Gasteiger partial charge is 0.372 e. The second-order valence-electron chi connectivity index (χ2n) is 6.91. The topological polar surface area (TPSA) is 78.7 Å². The molecule has 6 nitrogen and oxygen atoms in total. The molecule has 0 spiro atoms. The highest BCUT2D eigenvalue weighted by atomic mass is 35.5. The van der Waals surface area contributed by atoms with Crippen molar-refractivity contribution in [3.63, 3.8) is 0 Å². The fourth-order valence-corrected chi connectivity index (χ4v) is 3.57. The Morgan fingerprint density at radius 1 is 1.28 bits per heavy atom. The van der Waals surface area contributed by atoms with Crippen LogP contribution in [0, 0.1) is 5.82 Å². The standard InChI is InChI=1S/C21H22ClFN4O2/c1-14-20(12-28)26(11-15-2-5-17(23)6-3-15)8-9-27(14)13-25-19-7-4-16(22)10-18(19)21(24)29/h2-7,10,14,25H,8-9,11,13H2,1H3,(H2,24,29). The van der Waals surface area contributed by atoms with Crippen LogP contribution < -0.4 is 11.1 Å². The number of carbonyl (C=O) groups is 1. The molecule has 1 atom stereocenters. The minimum Gasteiger partial charge on any atom is -0.372 e. The Kier molecular flexibility index (Phi) is 6.54. The van der Waals surface area contributed by atoms with Crippen LogP contribution in [0.5, 0.6) is 0 Å². The van der Waals surface area contributed by atoms with E-state index in [0.717, 1.165) is 5.56 Å². The molecule has 3 N–H and O–H groups in total. The maximum absolute atomic E-state index is 13.1. The lowest BCUT2D eigenvalue weighted by Gasteiger charge is -2.41. The van der Waals surface area contributed by atoms with Gasteiger partial charge < -0.3 is 16.0 Å². The van der Waals surface area contributed by atoms with Crippen LogP contribution in [-0.4, -0.2) is 47.4 Å². The Morgan fingerprint density at radius 2 is 2.00 bits per heavy atom. The molecule has 8 heteroatoms. The first-order valence-electron chi connectivity index (χ1n) is 9.20. The van der Waals surface area contributed by atoms with Crippen molar-refractivity contribution in [3.05, 3.63) is 70.1 Å². The van der Waals surface area contributed by atoms with Gasteiger partial charge in [0.15, 0.2) is 0 Å². The van der Waals surface area contributed by atoms with Crippen molar-refractivity contribution in [1.29, 1.82) is 0 Å². The van der Waals surface area contributed by atoms with Crippen molar-refractivity contribution >= 4 is 29.1 Å². The number of halogens is 2. The molecule has 0 aromatic heterocycles. The summed E-state index contributed by atoms with van der Waals surface area (Å²) in [6.07, 6.45) is 0. The lowest BCUT2D eigenvalue weighted by atomic mass is 10.1. The first kappa shape index (κ1) is 20.9. The zero-order chi connectivity index (χ0) is 21.0. The Bertz CT molecular complexity index is 944. The highest BCUT2D eigenvalue weighted by Gasteiger charge is 2.29. The SMILES string of the molecule is CC1C(=C=O)N(Cc2ccc(F)cc2)CCN1CNc1ccc(Cl)cc1C(N)=O. The fourth-order valence-electron chi connectivity index (χ4n) is 3.40. The number of piperazine rings is 1. The van der Waals surface area contributed by atoms with E-state index in [1.165, 1.54) is 18.2 Å². The average Bonchev–Trinajstić information content (AvgIpc) is 2.70. The van der Waals surface area contributed by atoms with Gasteiger partial charge in [-0.2, -0.15) is 0 Å². The number of primary amides is 1. The van der Waals surface area contributed by atoms with E-state index in [0.29, 0.717) is 48.3 Å². The van der Waals surface area contributed by atoms with Gasteiger partial charge in [0.2, 0.25) is 0 Å². The Morgan fingerprint density at radius 3 is 2.66 bits per heavy atom. The molecular weight excluding hydrogens is 395 g/mol. The molecule has 0 radical (unpaired) electrons. The molecule has 0 aliphatic carbocycles. The highest BCUT2D eigenvalue weighted by molar-refractivity contribution is 6.31. The van der Waals surface area contributed by atoms with Crippen LogP contribution in [-0.2, 0) is 11.3 Å². The Labute approximate surface area is 173 Å². The third-order valence-corrected chi connectivity index (χ3v) is 5.29. The molecule has 0 bridgehead atoms. The summed E-state index contributed by atoms with van der Waals surface area (Å²) in [6.45, 7) is 4.17. The summed E-state index contributed by atoms with van der Waals surface area (Å²) in [4.78, 5) is 27.3. The van der Waals surface area contributed by atoms with Gasteiger partial charge in [-0.15, -0.1) is 0 Å². The van der Waals surface area contributed by atoms with E-state index in [1.54, 1.807) is 24.3 Å². The lowest BCUT2D eigenvalue weighted by Crippen LogP contribution is -2.51. The van der Waals surface area contributed by atoms with E-state index in [1.807, 2.05) is 11.8 Å². The minimum atomic E-state index is -0.569. The van der Waals surface area contributed by atoms with Crippen LogP contribution in [0.1, 0.15) is 22.8 Å². The summed E-state index contributed by atoms with van der Waals surface area (Å²) in [5.41, 5.74) is 7.78. The van der Waals surface area contributed by atoms with Gasteiger partial charge in [-0.3, -0.25) is 9.69 Å². The van der Waals surface area contributed by atoms with Crippen LogP contribution in [0.25, 0.3) is 0 Å². The number of carbonyl (C=O) groups excluding carboxylic acids is 2. The summed E-state index contributed by atoms with van der Waals surface area (Å²) in [7, 11) is 0. The molecule has 1 fully saturated rings. The van der Waals surface area contributed by atoms with Crippen LogP contribution in [0.4, 0.5) is 10.1 Å². The van der Waals surface area contributed by atoms with Gasteiger partial charge in [0.25, 0.3) is 5.91 Å². The second kappa shape index (κ2) is 9.09. The molecule has 2 aromatic rings. The number of hydrogen-bond acceptors (Lipinski definition) is 5. The van der Waals surface area contributed by atoms with Crippen LogP contribution in [0.15, 0.2) is 48.2 Å². The third-order valence-electron chi connectivity index (χ3n) is 5.05. The summed E-state index contributed by atoms with van der Waals surface area (Å²) in [5.74, 6) is 1.20. The summed E-state index contributed by atoms with van der Waals surface area (Å²) < 4.78 is 13.1. The third kappa shape index (κ3) is 4.95. The van der Waals surface area contributed by atoms with Gasteiger partial charge in [0.1, 0.15) is 17.5 Å². The van der Waals surface area contributed by atoms with Gasteiger partial charge in [-0.05, 0) is 42.8 Å². The average molecular weight is 417 g/mol. The summed E-state index contributed by atoms with van der Waals surface area (Å²) >= 11 is 5.94. The van der Waals surface area contributed by atoms with Crippen LogP contribution in [0.2, 0.25) is 5.02 Å². The maximum atomic E-state index is 13.1. The maximum Gasteiger partial charge on any atom is 0.250 e. The first-order chi connectivity index (χ1) is 13.9. The molecule has 2 aromatic carbocycles. The van der Waals surface area contributed by atoms with E-state index in [-0.39, 0.29) is 11.9 Å². The normalized spacial score (nSPS) is 17.1. The molecule has 1 aliphatic rings. The zero-order valence-electron chi connectivity index (χ0n) is 16.0. The predicted octanol–water partition coefficient (Wildman–Crippen LogP) is 2.87. The molecule has 1 aliphatic heterocycles. The van der Waals surface area contributed by atoms with Crippen LogP contribution in [0.3, 0.4) is 0 Å². The highest BCUT2D eigenvalue weighted by Crippen LogP contribution is 2.23. The van der Waals surface area contributed by atoms with Crippen molar-refractivity contribution in [2.24, 2.45) is 5.73 Å². The van der Waals surface area contributed by atoms with Crippen molar-refractivity contribution in [1.82, 2.24) is 9.80 Å². The molecule has 3 rings (SSSR count). The number of nitrogens with zero attached hydrogens (tertiary/aromatic N) is 2. The molecule has 152 valence electrons. The Hall–Kier alpha value is -2.86. The van der Waals surface area contributed by atoms with Gasteiger partial charge in [-0.25, -0.2) is 9.18 Å². The molecule has 1 amide bonds. The Balaban J connectivity index is 1.67. The summed E-state index contributed by atoms with van der Waals surface area (Å²) in [6, 6.07) is 11.0. The van der Waals surface area contributed by atoms with Gasteiger partial charge in [0, 0.05) is 30.3 Å². The van der Waals surface area contributed by atoms with Crippen molar-refractivity contribution in [2.45, 2.75) is 19.5 Å². The zero-order valence-corrected chi connectivity index (χ0v) is 16.7. The molecule has 1 heterocycles. The second-order valence-corrected chi connectivity index (χ2v) is 7.35. The van der Waals surface area contributed by atoms with E-state index in [2.05, 4.69) is 16.2 Å². The van der Waals surface area contributed by atoms with Crippen LogP contribution >= 0.6 is 11.6 Å². The number of benzene rings is 2. The van der Waals surface area contributed by atoms with Crippen molar-refractivity contribution < 1.29 is 14.0 Å². The fraction of sp³-hybridized carbons (Fsp3) is 0.286. The van der Waals surface area contributed by atoms with Gasteiger partial charge >= 0.3 is 0 Å². The monoisotopic (exact) mass is 416 g/mol. The quantitative estimate of drug-likeness (QED) is 0.708. The van der Waals surface area contributed by atoms with E-state index >= 15 is 0 Å². The number of amides is 1. The minimum absolute atomic E-state index is 0.182. The number of anilines is 1. The van der Waals surface area contributed by atoms with E-state index < -0.39 is 5.91 Å². The molecular formula is C21H22ClFN4O2. The number of nitrogens with two attached hydrogens (primary N) is 1. The molecule has 1 saturated heterocycles. The number of hydrogen-bond donors (Lipinski definition) is 2. The van der Waals surface area contributed by atoms with Gasteiger partial charge in [0.05, 0.1) is 18.3 Å². The smallest absolute Gasteiger partial charge is 0.250 e. The van der Waals surface area contributed by atoms with Crippen molar-refractivity contribution in [2.75, 3.05) is 25.1 Å². The number of nitrogens with one attached hydrogen (secondary N) is 1. The van der Waals surface area contributed by atoms with Gasteiger partial charge in [-0.1, -0.05) is 23.7 Å². The van der Waals surface area contributed by atoms with E-state index in [9.17, 15) is 14.0 Å².